The van der Waals surface area contributed by atoms with E-state index in [-0.39, 0.29) is 12.2 Å². The monoisotopic (exact) mass is 525 g/mol. The van der Waals surface area contributed by atoms with Crippen molar-refractivity contribution in [2.75, 3.05) is 12.1 Å². The number of aromatic nitrogens is 2. The van der Waals surface area contributed by atoms with E-state index in [4.69, 9.17) is 9.57 Å². The molecule has 1 aromatic heterocycles. The minimum absolute atomic E-state index is 0.0397. The lowest BCUT2D eigenvalue weighted by Gasteiger charge is -2.17. The molecule has 4 N–H and O–H groups in total. The van der Waals surface area contributed by atoms with Gasteiger partial charge in [-0.2, -0.15) is 4.98 Å². The van der Waals surface area contributed by atoms with Gasteiger partial charge in [0, 0.05) is 18.7 Å². The van der Waals surface area contributed by atoms with Gasteiger partial charge in [-0.05, 0) is 6.42 Å². The minimum Gasteiger partial charge on any atom is -0.394 e. The Bertz CT molecular complexity index is 819. The molecule has 0 spiro atoms. The van der Waals surface area contributed by atoms with Crippen molar-refractivity contribution in [3.8, 4) is 0 Å². The number of aliphatic hydroxyl groups is 3. The maximum Gasteiger partial charge on any atom is 0.351 e. The molecule has 1 aliphatic rings. The highest BCUT2D eigenvalue weighted by Gasteiger charge is 2.43. The summed E-state index contributed by atoms with van der Waals surface area (Å²) in [6.45, 7) is 1.76. The van der Waals surface area contributed by atoms with Crippen LogP contribution in [0.1, 0.15) is 116 Å². The molecule has 1 unspecified atom stereocenters. The summed E-state index contributed by atoms with van der Waals surface area (Å²) in [6.07, 6.45) is 15.6. The summed E-state index contributed by atoms with van der Waals surface area (Å²) in [5, 5.41) is 29.1. The van der Waals surface area contributed by atoms with Gasteiger partial charge in [-0.15, -0.1) is 0 Å². The van der Waals surface area contributed by atoms with E-state index in [2.05, 4.69) is 17.4 Å². The van der Waals surface area contributed by atoms with Crippen molar-refractivity contribution in [3.63, 3.8) is 0 Å². The first-order chi connectivity index (χ1) is 18.0. The van der Waals surface area contributed by atoms with Gasteiger partial charge in [0.2, 0.25) is 0 Å². The molecule has 212 valence electrons. The summed E-state index contributed by atoms with van der Waals surface area (Å²) in [6, 6.07) is 1.39. The van der Waals surface area contributed by atoms with Gasteiger partial charge in [0.05, 0.1) is 6.61 Å². The second-order valence-corrected chi connectivity index (χ2v) is 10.0. The average Bonchev–Trinajstić information content (AvgIpc) is 3.18. The topological polar surface area (TPSA) is 143 Å². The quantitative estimate of drug-likeness (QED) is 0.147. The molecule has 37 heavy (non-hydrogen) atoms. The third-order valence-electron chi connectivity index (χ3n) is 6.88. The first-order valence-corrected chi connectivity index (χ1v) is 14.1. The van der Waals surface area contributed by atoms with E-state index in [9.17, 15) is 24.9 Å². The number of ether oxygens (including phenoxy) is 1. The summed E-state index contributed by atoms with van der Waals surface area (Å²) in [4.78, 5) is 33.0. The largest absolute Gasteiger partial charge is 0.394 e. The Hall–Kier alpha value is -2.01. The Morgan fingerprint density at radius 2 is 1.49 bits per heavy atom. The van der Waals surface area contributed by atoms with Gasteiger partial charge >= 0.3 is 11.7 Å². The zero-order valence-electron chi connectivity index (χ0n) is 22.4. The van der Waals surface area contributed by atoms with E-state index in [0.717, 1.165) is 23.8 Å². The number of hydrogen-bond donors (Lipinski definition) is 4. The van der Waals surface area contributed by atoms with Crippen LogP contribution in [0.4, 0.5) is 5.82 Å². The van der Waals surface area contributed by atoms with Crippen molar-refractivity contribution >= 4 is 11.8 Å². The van der Waals surface area contributed by atoms with Gasteiger partial charge in [0.25, 0.3) is 0 Å². The molecule has 4 atom stereocenters. The lowest BCUT2D eigenvalue weighted by Crippen LogP contribution is -2.36. The number of nitrogens with one attached hydrogen (secondary N) is 1. The van der Waals surface area contributed by atoms with Crippen LogP contribution < -0.4 is 11.2 Å². The molecule has 0 radical (unpaired) electrons. The normalized spacial score (nSPS) is 21.3. The van der Waals surface area contributed by atoms with Crippen molar-refractivity contribution < 1.29 is 29.7 Å². The average molecular weight is 526 g/mol. The highest BCUT2D eigenvalue weighted by atomic mass is 16.7. The second kappa shape index (κ2) is 18.3. The fourth-order valence-electron chi connectivity index (χ4n) is 4.57. The number of anilines is 1. The van der Waals surface area contributed by atoms with Crippen LogP contribution in [0.25, 0.3) is 0 Å². The maximum atomic E-state index is 12.3. The van der Waals surface area contributed by atoms with E-state index < -0.39 is 42.8 Å². The highest BCUT2D eigenvalue weighted by molar-refractivity contribution is 5.70. The standard InChI is InChI=1S/C27H47N3O7/c1-2-3-4-5-6-7-8-9-10-11-12-13-14-15-16-17-23(32)37-29-22-18-19-30(27(35)28-22)26-25(34)24(33)21(20-31)36-26/h18-19,21,24-26,31,33-34H,2-17,20H2,1H3,(H,28,29,35)/t21-,24?,25+,26-/m1/s1. The van der Waals surface area contributed by atoms with Gasteiger partial charge in [-0.1, -0.05) is 96.8 Å². The van der Waals surface area contributed by atoms with Crippen LogP contribution in [0, 0.1) is 0 Å². The molecule has 2 heterocycles. The van der Waals surface area contributed by atoms with Crippen LogP contribution in [0.2, 0.25) is 0 Å². The van der Waals surface area contributed by atoms with Gasteiger partial charge in [-0.25, -0.2) is 15.1 Å². The van der Waals surface area contributed by atoms with Crippen LogP contribution in [0.15, 0.2) is 17.1 Å². The first kappa shape index (κ1) is 31.2. The van der Waals surface area contributed by atoms with Crippen LogP contribution in [0.3, 0.4) is 0 Å². The van der Waals surface area contributed by atoms with Crippen LogP contribution >= 0.6 is 0 Å². The van der Waals surface area contributed by atoms with Crippen molar-refractivity contribution in [3.05, 3.63) is 22.7 Å². The van der Waals surface area contributed by atoms with E-state index >= 15 is 0 Å². The van der Waals surface area contributed by atoms with Gasteiger partial charge in [-0.3, -0.25) is 4.57 Å². The summed E-state index contributed by atoms with van der Waals surface area (Å²) in [5.74, 6) is -0.387. The van der Waals surface area contributed by atoms with Crippen molar-refractivity contribution in [1.29, 1.82) is 0 Å². The molecule has 1 fully saturated rings. The van der Waals surface area contributed by atoms with Gasteiger partial charge < -0.3 is 24.9 Å². The van der Waals surface area contributed by atoms with Crippen LogP contribution in [0.5, 0.6) is 0 Å². The molecule has 10 nitrogen and oxygen atoms in total. The van der Waals surface area contributed by atoms with Gasteiger partial charge in [0.15, 0.2) is 12.0 Å². The van der Waals surface area contributed by atoms with Crippen LogP contribution in [-0.2, 0) is 14.4 Å². The molecule has 1 aliphatic heterocycles. The van der Waals surface area contributed by atoms with E-state index in [0.29, 0.717) is 0 Å². The lowest BCUT2D eigenvalue weighted by atomic mass is 10.0. The number of unbranched alkanes of at least 4 members (excludes halogenated alkanes) is 14. The lowest BCUT2D eigenvalue weighted by molar-refractivity contribution is -0.140. The number of carbonyl (C=O) groups is 1. The number of aliphatic hydroxyl groups excluding tert-OH is 3. The second-order valence-electron chi connectivity index (χ2n) is 10.0. The Kier molecular flexibility index (Phi) is 15.4. The molecule has 2 rings (SSSR count). The number of nitrogens with zero attached hydrogens (tertiary/aromatic N) is 2. The van der Waals surface area contributed by atoms with Crippen LogP contribution in [-0.4, -0.2) is 55.8 Å². The zero-order chi connectivity index (χ0) is 26.9. The third kappa shape index (κ3) is 11.5. The molecule has 1 aromatic rings. The predicted octanol–water partition coefficient (Wildman–Crippen LogP) is 3.99. The van der Waals surface area contributed by atoms with Crippen molar-refractivity contribution in [2.24, 2.45) is 0 Å². The molecule has 0 aliphatic carbocycles. The number of carbonyl (C=O) groups excluding carboxylic acids is 1. The minimum atomic E-state index is -1.39. The zero-order valence-corrected chi connectivity index (χ0v) is 22.4. The SMILES string of the molecule is CCCCCCCCCCCCCCCCCC(=O)ONc1ccn([C@@H]2O[C@H](CO)C(O)[C@@H]2O)c(=O)n1. The van der Waals surface area contributed by atoms with E-state index in [1.807, 2.05) is 0 Å². The maximum absolute atomic E-state index is 12.3. The number of hydrogen-bond acceptors (Lipinski definition) is 9. The Morgan fingerprint density at radius 1 is 0.946 bits per heavy atom. The fourth-order valence-corrected chi connectivity index (χ4v) is 4.57. The first-order valence-electron chi connectivity index (χ1n) is 14.1. The van der Waals surface area contributed by atoms with E-state index in [1.165, 1.54) is 89.3 Å². The summed E-state index contributed by atoms with van der Waals surface area (Å²) < 4.78 is 6.33. The molecule has 1 saturated heterocycles. The molecule has 10 heteroatoms. The van der Waals surface area contributed by atoms with Crippen molar-refractivity contribution in [2.45, 2.75) is 134 Å². The summed E-state index contributed by atoms with van der Waals surface area (Å²) in [5.41, 5.74) is 1.61. The Morgan fingerprint density at radius 3 is 1.97 bits per heavy atom. The molecule has 0 amide bonds. The van der Waals surface area contributed by atoms with Crippen molar-refractivity contribution in [1.82, 2.24) is 9.55 Å². The molecule has 0 bridgehead atoms. The Labute approximate surface area is 220 Å². The molecule has 0 aromatic carbocycles. The van der Waals surface area contributed by atoms with E-state index in [1.54, 1.807) is 0 Å². The molecule has 0 saturated carbocycles. The molecular formula is C27H47N3O7. The Balaban J connectivity index is 1.49. The highest BCUT2D eigenvalue weighted by Crippen LogP contribution is 2.28. The smallest absolute Gasteiger partial charge is 0.351 e. The number of rotatable bonds is 20. The summed E-state index contributed by atoms with van der Waals surface area (Å²) in [7, 11) is 0. The fraction of sp³-hybridized carbons (Fsp3) is 0.815. The predicted molar refractivity (Wildman–Crippen MR) is 141 cm³/mol. The third-order valence-corrected chi connectivity index (χ3v) is 6.88. The van der Waals surface area contributed by atoms with Gasteiger partial charge in [0.1, 0.15) is 18.3 Å². The molecular weight excluding hydrogens is 478 g/mol. The summed E-state index contributed by atoms with van der Waals surface area (Å²) >= 11 is 0.